The summed E-state index contributed by atoms with van der Waals surface area (Å²) >= 11 is -2.38. The third-order valence-electron chi connectivity index (χ3n) is 5.54. The Hall–Kier alpha value is -0.281. The maximum absolute atomic E-state index is 6.29. The number of benzene rings is 1. The molecule has 0 bridgehead atoms. The number of hydrogen-bond donors (Lipinski definition) is 0. The zero-order chi connectivity index (χ0) is 18.5. The Labute approximate surface area is 161 Å². The van der Waals surface area contributed by atoms with Gasteiger partial charge in [-0.1, -0.05) is 0 Å². The normalized spacial score (nSPS) is 13.0. The minimum atomic E-state index is -2.38. The molecular formula is C23H40OSn. The molecule has 0 aliphatic rings. The van der Waals surface area contributed by atoms with Crippen molar-refractivity contribution in [1.29, 1.82) is 0 Å². The molecule has 0 aliphatic heterocycles. The van der Waals surface area contributed by atoms with Gasteiger partial charge in [0.15, 0.2) is 0 Å². The van der Waals surface area contributed by atoms with Crippen LogP contribution in [0.25, 0.3) is 0 Å². The average molecular weight is 451 g/mol. The van der Waals surface area contributed by atoms with Crippen LogP contribution in [0.15, 0.2) is 40.5 Å². The summed E-state index contributed by atoms with van der Waals surface area (Å²) in [6, 6.07) is 10.5. The summed E-state index contributed by atoms with van der Waals surface area (Å²) in [5, 5.41) is 0. The molecule has 1 rings (SSSR count). The molecule has 0 fully saturated rings. The summed E-state index contributed by atoms with van der Waals surface area (Å²) in [5.41, 5.74) is 1.26. The molecule has 0 saturated carbocycles. The predicted octanol–water partition coefficient (Wildman–Crippen LogP) is 7.54. The topological polar surface area (TPSA) is 9.23 Å². The Morgan fingerprint density at radius 1 is 0.920 bits per heavy atom. The number of unbranched alkanes of at least 4 members (excludes halogenated alkanes) is 3. The van der Waals surface area contributed by atoms with E-state index >= 15 is 0 Å². The first-order valence-electron chi connectivity index (χ1n) is 10.4. The SMILES string of the molecule is C=[C](C(C)OCc1ccccc1)[Sn]([CH2]CCC)([CH2]CCC)[CH2]CCC. The van der Waals surface area contributed by atoms with E-state index in [1.807, 2.05) is 0 Å². The molecule has 0 spiro atoms. The van der Waals surface area contributed by atoms with Crippen LogP contribution in [-0.2, 0) is 11.3 Å². The molecule has 1 aromatic rings. The Morgan fingerprint density at radius 3 is 1.84 bits per heavy atom. The van der Waals surface area contributed by atoms with Gasteiger partial charge in [0.2, 0.25) is 0 Å². The van der Waals surface area contributed by atoms with E-state index in [9.17, 15) is 0 Å². The second-order valence-corrected chi connectivity index (χ2v) is 21.0. The van der Waals surface area contributed by atoms with Crippen LogP contribution in [0, 0.1) is 0 Å². The molecule has 1 atom stereocenters. The van der Waals surface area contributed by atoms with Crippen molar-refractivity contribution in [1.82, 2.24) is 0 Å². The summed E-state index contributed by atoms with van der Waals surface area (Å²) in [6.07, 6.45) is 8.29. The molecule has 0 heterocycles. The summed E-state index contributed by atoms with van der Waals surface area (Å²) in [5.74, 6) is 0. The molecule has 0 aromatic heterocycles. The number of ether oxygens (including phenoxy) is 1. The van der Waals surface area contributed by atoms with E-state index in [1.54, 1.807) is 3.59 Å². The maximum atomic E-state index is 6.29. The monoisotopic (exact) mass is 452 g/mol. The summed E-state index contributed by atoms with van der Waals surface area (Å²) < 4.78 is 12.3. The van der Waals surface area contributed by atoms with E-state index in [0.29, 0.717) is 6.61 Å². The molecule has 0 radical (unpaired) electrons. The van der Waals surface area contributed by atoms with Crippen LogP contribution in [0.5, 0.6) is 0 Å². The van der Waals surface area contributed by atoms with Crippen LogP contribution in [0.1, 0.15) is 71.8 Å². The summed E-state index contributed by atoms with van der Waals surface area (Å²) in [7, 11) is 0. The van der Waals surface area contributed by atoms with Crippen molar-refractivity contribution in [3.63, 3.8) is 0 Å². The Kier molecular flexibility index (Phi) is 11.8. The van der Waals surface area contributed by atoms with Crippen LogP contribution in [0.4, 0.5) is 0 Å². The molecular weight excluding hydrogens is 411 g/mol. The van der Waals surface area contributed by atoms with Crippen molar-refractivity contribution in [3.05, 3.63) is 46.1 Å². The van der Waals surface area contributed by atoms with Crippen LogP contribution < -0.4 is 0 Å². The van der Waals surface area contributed by atoms with Crippen molar-refractivity contribution in [3.8, 4) is 0 Å². The summed E-state index contributed by atoms with van der Waals surface area (Å²) in [4.78, 5) is 0. The van der Waals surface area contributed by atoms with Crippen molar-refractivity contribution < 1.29 is 4.74 Å². The standard InChI is InChI=1S/C11H13O.3C4H9.Sn/c1-3-10(2)12-9-11-7-5-4-6-8-11;3*1-3-4-2;/h4-8,10H,1,9H2,2H3;3*1,3-4H2,2H3;. The molecule has 0 saturated heterocycles. The van der Waals surface area contributed by atoms with Gasteiger partial charge >= 0.3 is 161 Å². The van der Waals surface area contributed by atoms with Gasteiger partial charge < -0.3 is 0 Å². The minimum absolute atomic E-state index is 0.210. The molecule has 1 unspecified atom stereocenters. The quantitative estimate of drug-likeness (QED) is 0.266. The van der Waals surface area contributed by atoms with Crippen LogP contribution >= 0.6 is 0 Å². The fourth-order valence-corrected chi connectivity index (χ4v) is 20.1. The second kappa shape index (κ2) is 13.0. The van der Waals surface area contributed by atoms with Gasteiger partial charge in [0.05, 0.1) is 0 Å². The number of rotatable bonds is 14. The van der Waals surface area contributed by atoms with Crippen LogP contribution in [-0.4, -0.2) is 24.5 Å². The first kappa shape index (κ1) is 22.8. The van der Waals surface area contributed by atoms with Gasteiger partial charge in [0.1, 0.15) is 0 Å². The molecule has 0 N–H and O–H groups in total. The molecule has 25 heavy (non-hydrogen) atoms. The number of hydrogen-bond acceptors (Lipinski definition) is 1. The van der Waals surface area contributed by atoms with E-state index in [1.165, 1.54) is 57.4 Å². The van der Waals surface area contributed by atoms with E-state index < -0.39 is 18.4 Å². The van der Waals surface area contributed by atoms with E-state index in [-0.39, 0.29) is 6.10 Å². The van der Waals surface area contributed by atoms with E-state index in [0.717, 1.165) is 0 Å². The predicted molar refractivity (Wildman–Crippen MR) is 115 cm³/mol. The third kappa shape index (κ3) is 7.86. The molecule has 2 heteroatoms. The van der Waals surface area contributed by atoms with Crippen molar-refractivity contribution >= 4 is 18.4 Å². The van der Waals surface area contributed by atoms with Crippen molar-refractivity contribution in [2.45, 2.75) is 92.2 Å². The van der Waals surface area contributed by atoms with Gasteiger partial charge in [0.25, 0.3) is 0 Å². The Bertz CT molecular complexity index is 446. The first-order chi connectivity index (χ1) is 12.1. The van der Waals surface area contributed by atoms with Gasteiger partial charge in [-0.25, -0.2) is 0 Å². The van der Waals surface area contributed by atoms with Gasteiger partial charge in [-0.15, -0.1) is 0 Å². The fourth-order valence-electron chi connectivity index (χ4n) is 3.73. The van der Waals surface area contributed by atoms with Gasteiger partial charge in [0, 0.05) is 0 Å². The Morgan fingerprint density at radius 2 is 1.40 bits per heavy atom. The molecule has 0 aliphatic carbocycles. The Balaban J connectivity index is 2.82. The molecule has 142 valence electrons. The van der Waals surface area contributed by atoms with Crippen LogP contribution in [0.2, 0.25) is 13.3 Å². The zero-order valence-electron chi connectivity index (χ0n) is 17.2. The fraction of sp³-hybridized carbons (Fsp3) is 0.652. The van der Waals surface area contributed by atoms with Gasteiger partial charge in [-0.05, 0) is 0 Å². The second-order valence-electron chi connectivity index (χ2n) is 7.56. The molecule has 1 aromatic carbocycles. The average Bonchev–Trinajstić information content (AvgIpc) is 2.66. The summed E-state index contributed by atoms with van der Waals surface area (Å²) in [6.45, 7) is 14.6. The molecule has 0 amide bonds. The van der Waals surface area contributed by atoms with E-state index in [4.69, 9.17) is 4.74 Å². The van der Waals surface area contributed by atoms with Crippen molar-refractivity contribution in [2.24, 2.45) is 0 Å². The van der Waals surface area contributed by atoms with E-state index in [2.05, 4.69) is 64.6 Å². The van der Waals surface area contributed by atoms with Gasteiger partial charge in [-0.3, -0.25) is 0 Å². The zero-order valence-corrected chi connectivity index (χ0v) is 20.0. The van der Waals surface area contributed by atoms with Gasteiger partial charge in [-0.2, -0.15) is 0 Å². The first-order valence-corrected chi connectivity index (χ1v) is 17.9. The van der Waals surface area contributed by atoms with Crippen molar-refractivity contribution in [2.75, 3.05) is 0 Å². The third-order valence-corrected chi connectivity index (χ3v) is 21.8. The molecule has 1 nitrogen and oxygen atoms in total. The van der Waals surface area contributed by atoms with Crippen LogP contribution in [0.3, 0.4) is 0 Å².